The van der Waals surface area contributed by atoms with Gasteiger partial charge in [0.15, 0.2) is 0 Å². The Bertz CT molecular complexity index is 567. The van der Waals surface area contributed by atoms with Gasteiger partial charge < -0.3 is 14.6 Å². The molecule has 1 saturated heterocycles. The van der Waals surface area contributed by atoms with E-state index in [0.717, 1.165) is 25.9 Å². The lowest BCUT2D eigenvalue weighted by Gasteiger charge is -2.22. The largest absolute Gasteiger partial charge is 0.378 e. The molecule has 0 saturated carbocycles. The molecule has 6 nitrogen and oxygen atoms in total. The molecule has 0 atom stereocenters. The molecule has 112 valence electrons. The number of halogens is 1. The van der Waals surface area contributed by atoms with Gasteiger partial charge in [-0.05, 0) is 38.1 Å². The number of hydrogen-bond donors (Lipinski definition) is 1. The van der Waals surface area contributed by atoms with Crippen LogP contribution in [0, 0.1) is 0 Å². The molecule has 0 amide bonds. The fraction of sp³-hybridized carbons (Fsp3) is 0.500. The molecule has 1 aliphatic rings. The first-order chi connectivity index (χ1) is 10.3. The van der Waals surface area contributed by atoms with Crippen molar-refractivity contribution in [3.63, 3.8) is 0 Å². The maximum Gasteiger partial charge on any atom is 0.229 e. The molecular weight excluding hydrogens is 292 g/mol. The van der Waals surface area contributed by atoms with Crippen LogP contribution in [0.5, 0.6) is 0 Å². The first-order valence-electron chi connectivity index (χ1n) is 7.08. The Labute approximate surface area is 127 Å². The molecule has 0 aromatic carbocycles. The van der Waals surface area contributed by atoms with Gasteiger partial charge in [0.05, 0.1) is 24.2 Å². The van der Waals surface area contributed by atoms with Crippen LogP contribution in [0.1, 0.15) is 18.7 Å². The lowest BCUT2D eigenvalue weighted by atomic mass is 10.1. The lowest BCUT2D eigenvalue weighted by Crippen LogP contribution is -2.32. The molecule has 2 aromatic heterocycles. The summed E-state index contributed by atoms with van der Waals surface area (Å²) in [4.78, 5) is 8.48. The van der Waals surface area contributed by atoms with E-state index in [9.17, 15) is 0 Å². The molecule has 0 aliphatic carbocycles. The van der Waals surface area contributed by atoms with Gasteiger partial charge in [0, 0.05) is 6.20 Å². The number of nitrogens with one attached hydrogen (secondary N) is 1. The van der Waals surface area contributed by atoms with E-state index in [4.69, 9.17) is 20.9 Å². The number of ether oxygens (including phenoxy) is 1. The zero-order valence-electron chi connectivity index (χ0n) is 11.6. The summed E-state index contributed by atoms with van der Waals surface area (Å²) < 4.78 is 11.0. The SMILES string of the molecule is Clc1ccc(-c2noc(CCOC3CCNCC3)n2)nc1. The van der Waals surface area contributed by atoms with Crippen LogP contribution in [0.15, 0.2) is 22.9 Å². The van der Waals surface area contributed by atoms with Crippen LogP contribution in [0.25, 0.3) is 11.5 Å². The van der Waals surface area contributed by atoms with E-state index >= 15 is 0 Å². The number of nitrogens with zero attached hydrogens (tertiary/aromatic N) is 3. The summed E-state index contributed by atoms with van der Waals surface area (Å²) in [6.07, 6.45) is 4.64. The lowest BCUT2D eigenvalue weighted by molar-refractivity contribution is 0.0322. The number of hydrogen-bond acceptors (Lipinski definition) is 6. The van der Waals surface area contributed by atoms with Crippen molar-refractivity contribution in [2.75, 3.05) is 19.7 Å². The smallest absolute Gasteiger partial charge is 0.229 e. The highest BCUT2D eigenvalue weighted by molar-refractivity contribution is 6.30. The number of pyridine rings is 1. The van der Waals surface area contributed by atoms with Crippen molar-refractivity contribution >= 4 is 11.6 Å². The van der Waals surface area contributed by atoms with Gasteiger partial charge >= 0.3 is 0 Å². The predicted octanol–water partition coefficient (Wildman–Crippen LogP) is 2.10. The average Bonchev–Trinajstić information content (AvgIpc) is 2.98. The topological polar surface area (TPSA) is 73.1 Å². The molecule has 1 N–H and O–H groups in total. The van der Waals surface area contributed by atoms with Crippen LogP contribution in [0.4, 0.5) is 0 Å². The Morgan fingerprint density at radius 1 is 1.33 bits per heavy atom. The van der Waals surface area contributed by atoms with Crippen molar-refractivity contribution in [2.45, 2.75) is 25.4 Å². The fourth-order valence-corrected chi connectivity index (χ4v) is 2.36. The van der Waals surface area contributed by atoms with Gasteiger partial charge in [-0.1, -0.05) is 16.8 Å². The third kappa shape index (κ3) is 4.00. The standard InChI is InChI=1S/C14H17ClN4O2/c15-10-1-2-12(17-9-10)14-18-13(21-19-14)5-8-20-11-3-6-16-7-4-11/h1-2,9,11,16H,3-8H2. The molecule has 2 aromatic rings. The first kappa shape index (κ1) is 14.4. The zero-order valence-corrected chi connectivity index (χ0v) is 12.3. The molecule has 3 heterocycles. The first-order valence-corrected chi connectivity index (χ1v) is 7.46. The molecule has 0 spiro atoms. The van der Waals surface area contributed by atoms with Crippen LogP contribution >= 0.6 is 11.6 Å². The highest BCUT2D eigenvalue weighted by Crippen LogP contribution is 2.16. The molecular formula is C14H17ClN4O2. The summed E-state index contributed by atoms with van der Waals surface area (Å²) in [6.45, 7) is 2.65. The number of piperidine rings is 1. The molecule has 3 rings (SSSR count). The minimum absolute atomic E-state index is 0.339. The highest BCUT2D eigenvalue weighted by Gasteiger charge is 2.14. The third-order valence-electron chi connectivity index (χ3n) is 3.38. The van der Waals surface area contributed by atoms with Crippen molar-refractivity contribution in [3.8, 4) is 11.5 Å². The zero-order chi connectivity index (χ0) is 14.5. The second-order valence-corrected chi connectivity index (χ2v) is 5.38. The van der Waals surface area contributed by atoms with Gasteiger partial charge in [0.2, 0.25) is 11.7 Å². The van der Waals surface area contributed by atoms with Crippen LogP contribution in [0.3, 0.4) is 0 Å². The van der Waals surface area contributed by atoms with Gasteiger partial charge in [-0.25, -0.2) is 0 Å². The Morgan fingerprint density at radius 2 is 2.19 bits per heavy atom. The maximum atomic E-state index is 5.82. The maximum absolute atomic E-state index is 5.82. The fourth-order valence-electron chi connectivity index (χ4n) is 2.24. The minimum Gasteiger partial charge on any atom is -0.378 e. The minimum atomic E-state index is 0.339. The van der Waals surface area contributed by atoms with Crippen LogP contribution in [-0.4, -0.2) is 40.9 Å². The van der Waals surface area contributed by atoms with E-state index in [2.05, 4.69) is 20.4 Å². The van der Waals surface area contributed by atoms with Gasteiger partial charge in [-0.3, -0.25) is 4.98 Å². The van der Waals surface area contributed by atoms with Gasteiger partial charge in [-0.2, -0.15) is 4.98 Å². The summed E-state index contributed by atoms with van der Waals surface area (Å²) in [7, 11) is 0. The molecule has 0 unspecified atom stereocenters. The van der Waals surface area contributed by atoms with Crippen molar-refractivity contribution in [3.05, 3.63) is 29.2 Å². The second kappa shape index (κ2) is 6.98. The second-order valence-electron chi connectivity index (χ2n) is 4.94. The molecule has 7 heteroatoms. The normalized spacial score (nSPS) is 16.2. The van der Waals surface area contributed by atoms with Crippen molar-refractivity contribution in [2.24, 2.45) is 0 Å². The average molecular weight is 309 g/mol. The van der Waals surface area contributed by atoms with Crippen molar-refractivity contribution in [1.82, 2.24) is 20.4 Å². The number of aromatic nitrogens is 3. The van der Waals surface area contributed by atoms with E-state index < -0.39 is 0 Å². The van der Waals surface area contributed by atoms with E-state index in [1.54, 1.807) is 18.3 Å². The molecule has 0 radical (unpaired) electrons. The summed E-state index contributed by atoms with van der Waals surface area (Å²) >= 11 is 5.80. The Kier molecular flexibility index (Phi) is 4.80. The Morgan fingerprint density at radius 3 is 2.95 bits per heavy atom. The third-order valence-corrected chi connectivity index (χ3v) is 3.60. The van der Waals surface area contributed by atoms with Gasteiger partial charge in [0.25, 0.3) is 0 Å². The Hall–Kier alpha value is -1.50. The summed E-state index contributed by atoms with van der Waals surface area (Å²) in [6, 6.07) is 3.52. The summed E-state index contributed by atoms with van der Waals surface area (Å²) in [5, 5.41) is 7.82. The number of rotatable bonds is 5. The van der Waals surface area contributed by atoms with Crippen molar-refractivity contribution < 1.29 is 9.26 Å². The molecule has 1 fully saturated rings. The monoisotopic (exact) mass is 308 g/mol. The van der Waals surface area contributed by atoms with E-state index in [1.165, 1.54) is 0 Å². The molecule has 21 heavy (non-hydrogen) atoms. The highest BCUT2D eigenvalue weighted by atomic mass is 35.5. The van der Waals surface area contributed by atoms with E-state index in [1.807, 2.05) is 0 Å². The van der Waals surface area contributed by atoms with E-state index in [0.29, 0.717) is 41.6 Å². The molecule has 1 aliphatic heterocycles. The summed E-state index contributed by atoms with van der Waals surface area (Å²) in [5.74, 6) is 1.04. The summed E-state index contributed by atoms with van der Waals surface area (Å²) in [5.41, 5.74) is 0.647. The van der Waals surface area contributed by atoms with Gasteiger partial charge in [0.1, 0.15) is 5.69 Å². The quantitative estimate of drug-likeness (QED) is 0.912. The molecule has 0 bridgehead atoms. The van der Waals surface area contributed by atoms with Crippen LogP contribution in [-0.2, 0) is 11.2 Å². The van der Waals surface area contributed by atoms with Crippen LogP contribution in [0.2, 0.25) is 5.02 Å². The predicted molar refractivity (Wildman–Crippen MR) is 78.1 cm³/mol. The van der Waals surface area contributed by atoms with Crippen molar-refractivity contribution in [1.29, 1.82) is 0 Å². The van der Waals surface area contributed by atoms with Gasteiger partial charge in [-0.15, -0.1) is 0 Å². The van der Waals surface area contributed by atoms with Crippen LogP contribution < -0.4 is 5.32 Å². The van der Waals surface area contributed by atoms with E-state index in [-0.39, 0.29) is 0 Å². The Balaban J connectivity index is 1.51.